The zero-order valence-corrected chi connectivity index (χ0v) is 18.6. The fraction of sp³-hybridized carbons (Fsp3) is 0.174. The third kappa shape index (κ3) is 4.55. The van der Waals surface area contributed by atoms with Crippen molar-refractivity contribution in [3.05, 3.63) is 86.8 Å². The zero-order chi connectivity index (χ0) is 22.0. The minimum absolute atomic E-state index is 0.105. The van der Waals surface area contributed by atoms with Crippen molar-refractivity contribution >= 4 is 39.2 Å². The van der Waals surface area contributed by atoms with Crippen LogP contribution in [0.4, 0.5) is 4.39 Å². The van der Waals surface area contributed by atoms with Gasteiger partial charge in [0.15, 0.2) is 5.16 Å². The molecule has 0 fully saturated rings. The van der Waals surface area contributed by atoms with Crippen LogP contribution in [0.1, 0.15) is 16.7 Å². The minimum atomic E-state index is -0.315. The first kappa shape index (κ1) is 21.3. The maximum atomic E-state index is 13.2. The summed E-state index contributed by atoms with van der Waals surface area (Å²) in [5.74, 6) is -0.403. The fourth-order valence-electron chi connectivity index (χ4n) is 3.16. The summed E-state index contributed by atoms with van der Waals surface area (Å²) in [6.45, 7) is 4.27. The lowest BCUT2D eigenvalue weighted by Gasteiger charge is -2.15. The highest BCUT2D eigenvalue weighted by molar-refractivity contribution is 7.99. The number of aryl methyl sites for hydroxylation is 1. The number of halogens is 1. The smallest absolute Gasteiger partial charge is 0.276 e. The van der Waals surface area contributed by atoms with Crippen molar-refractivity contribution < 1.29 is 9.18 Å². The molecule has 0 aliphatic carbocycles. The van der Waals surface area contributed by atoms with Crippen LogP contribution >= 0.6 is 23.1 Å². The van der Waals surface area contributed by atoms with Gasteiger partial charge in [0.05, 0.1) is 17.0 Å². The van der Waals surface area contributed by atoms with E-state index in [1.165, 1.54) is 35.2 Å². The van der Waals surface area contributed by atoms with Crippen LogP contribution < -0.4 is 10.9 Å². The highest BCUT2D eigenvalue weighted by Gasteiger charge is 2.17. The predicted octanol–water partition coefficient (Wildman–Crippen LogP) is 4.61. The van der Waals surface area contributed by atoms with E-state index in [4.69, 9.17) is 0 Å². The molecule has 0 spiro atoms. The third-order valence-electron chi connectivity index (χ3n) is 5.00. The highest BCUT2D eigenvalue weighted by Crippen LogP contribution is 2.26. The molecule has 0 aliphatic heterocycles. The van der Waals surface area contributed by atoms with Gasteiger partial charge < -0.3 is 5.32 Å². The summed E-state index contributed by atoms with van der Waals surface area (Å²) >= 11 is 2.58. The molecule has 0 radical (unpaired) electrons. The maximum absolute atomic E-state index is 13.2. The van der Waals surface area contributed by atoms with Gasteiger partial charge in [-0.3, -0.25) is 14.2 Å². The van der Waals surface area contributed by atoms with Gasteiger partial charge >= 0.3 is 0 Å². The van der Waals surface area contributed by atoms with E-state index >= 15 is 0 Å². The molecule has 2 aromatic heterocycles. The molecule has 0 unspecified atom stereocenters. The lowest BCUT2D eigenvalue weighted by molar-refractivity contribution is -0.118. The van der Waals surface area contributed by atoms with Gasteiger partial charge in [0.25, 0.3) is 5.56 Å². The Labute approximate surface area is 187 Å². The molecule has 1 N–H and O–H groups in total. The fourth-order valence-corrected chi connectivity index (χ4v) is 4.76. The second kappa shape index (κ2) is 9.03. The van der Waals surface area contributed by atoms with Crippen molar-refractivity contribution in [1.29, 1.82) is 0 Å². The predicted molar refractivity (Wildman–Crippen MR) is 124 cm³/mol. The first-order chi connectivity index (χ1) is 14.9. The van der Waals surface area contributed by atoms with Gasteiger partial charge in [-0.25, -0.2) is 9.37 Å². The average molecular weight is 454 g/mol. The molecule has 2 heterocycles. The van der Waals surface area contributed by atoms with E-state index in [0.717, 1.165) is 22.4 Å². The standard InChI is InChI=1S/C23H20FN3O2S2/c1-14-4-3-5-19(15(14)2)27-22(29)21-18(10-11-30-21)26-23(27)31-13-20(28)25-12-16-6-8-17(24)9-7-16/h3-11H,12-13H2,1-2H3,(H,25,28). The van der Waals surface area contributed by atoms with Crippen molar-refractivity contribution in [1.82, 2.24) is 14.9 Å². The van der Waals surface area contributed by atoms with E-state index in [1.54, 1.807) is 16.7 Å². The number of amides is 1. The van der Waals surface area contributed by atoms with Crippen molar-refractivity contribution in [2.45, 2.75) is 25.5 Å². The van der Waals surface area contributed by atoms with E-state index < -0.39 is 0 Å². The molecule has 2 aromatic carbocycles. The summed E-state index contributed by atoms with van der Waals surface area (Å²) in [7, 11) is 0. The summed E-state index contributed by atoms with van der Waals surface area (Å²) in [5, 5.41) is 5.14. The molecule has 1 amide bonds. The Kier molecular flexibility index (Phi) is 6.20. The SMILES string of the molecule is Cc1cccc(-n2c(SCC(=O)NCc3ccc(F)cc3)nc3ccsc3c2=O)c1C. The van der Waals surface area contributed by atoms with E-state index in [-0.39, 0.29) is 23.0 Å². The number of nitrogens with zero attached hydrogens (tertiary/aromatic N) is 2. The Morgan fingerprint density at radius 1 is 1.16 bits per heavy atom. The van der Waals surface area contributed by atoms with E-state index in [1.807, 2.05) is 43.5 Å². The molecule has 0 atom stereocenters. The molecular formula is C23H20FN3O2S2. The lowest BCUT2D eigenvalue weighted by Crippen LogP contribution is -2.26. The summed E-state index contributed by atoms with van der Waals surface area (Å²) in [5.41, 5.74) is 4.13. The molecule has 0 saturated heterocycles. The molecule has 8 heteroatoms. The Morgan fingerprint density at radius 3 is 2.71 bits per heavy atom. The van der Waals surface area contributed by atoms with Crippen molar-refractivity contribution in [2.75, 3.05) is 5.75 Å². The van der Waals surface area contributed by atoms with Gasteiger partial charge in [0.1, 0.15) is 10.5 Å². The van der Waals surface area contributed by atoms with Crippen molar-refractivity contribution in [2.24, 2.45) is 0 Å². The molecule has 0 bridgehead atoms. The summed E-state index contributed by atoms with van der Waals surface area (Å²) in [6.07, 6.45) is 0. The van der Waals surface area contributed by atoms with Crippen LogP contribution in [0.3, 0.4) is 0 Å². The van der Waals surface area contributed by atoms with Gasteiger partial charge in [-0.05, 0) is 60.2 Å². The highest BCUT2D eigenvalue weighted by atomic mass is 32.2. The van der Waals surface area contributed by atoms with Gasteiger partial charge in [-0.2, -0.15) is 0 Å². The third-order valence-corrected chi connectivity index (χ3v) is 6.83. The summed E-state index contributed by atoms with van der Waals surface area (Å²) in [4.78, 5) is 30.3. The number of aromatic nitrogens is 2. The van der Waals surface area contributed by atoms with Crippen LogP contribution in [-0.2, 0) is 11.3 Å². The Bertz CT molecular complexity index is 1310. The van der Waals surface area contributed by atoms with E-state index in [2.05, 4.69) is 10.3 Å². The van der Waals surface area contributed by atoms with Crippen LogP contribution in [0, 0.1) is 19.7 Å². The second-order valence-corrected chi connectivity index (χ2v) is 8.94. The summed E-state index contributed by atoms with van der Waals surface area (Å²) < 4.78 is 15.2. The number of nitrogens with one attached hydrogen (secondary N) is 1. The number of thiophene rings is 1. The molecule has 0 aliphatic rings. The Morgan fingerprint density at radius 2 is 1.94 bits per heavy atom. The van der Waals surface area contributed by atoms with Gasteiger partial charge in [-0.15, -0.1) is 11.3 Å². The lowest BCUT2D eigenvalue weighted by atomic mass is 10.1. The normalized spacial score (nSPS) is 11.1. The van der Waals surface area contributed by atoms with Crippen LogP contribution in [0.25, 0.3) is 15.9 Å². The number of thioether (sulfide) groups is 1. The number of fused-ring (bicyclic) bond motifs is 1. The van der Waals surface area contributed by atoms with Crippen LogP contribution in [0.15, 0.2) is 63.9 Å². The molecule has 0 saturated carbocycles. The number of hydrogen-bond acceptors (Lipinski definition) is 5. The topological polar surface area (TPSA) is 64.0 Å². The maximum Gasteiger partial charge on any atom is 0.276 e. The molecule has 4 aromatic rings. The zero-order valence-electron chi connectivity index (χ0n) is 17.0. The number of carbonyl (C=O) groups is 1. The largest absolute Gasteiger partial charge is 0.351 e. The Hall–Kier alpha value is -2.97. The van der Waals surface area contributed by atoms with Gasteiger partial charge in [-0.1, -0.05) is 36.0 Å². The van der Waals surface area contributed by atoms with Crippen LogP contribution in [-0.4, -0.2) is 21.2 Å². The Balaban J connectivity index is 1.59. The quantitative estimate of drug-likeness (QED) is 0.342. The number of hydrogen-bond donors (Lipinski definition) is 1. The number of rotatable bonds is 6. The van der Waals surface area contributed by atoms with E-state index in [9.17, 15) is 14.0 Å². The second-order valence-electron chi connectivity index (χ2n) is 7.08. The molecule has 5 nitrogen and oxygen atoms in total. The first-order valence-electron chi connectivity index (χ1n) is 9.65. The van der Waals surface area contributed by atoms with Crippen molar-refractivity contribution in [3.8, 4) is 5.69 Å². The number of carbonyl (C=O) groups excluding carboxylic acids is 1. The minimum Gasteiger partial charge on any atom is -0.351 e. The monoisotopic (exact) mass is 453 g/mol. The molecule has 4 rings (SSSR count). The molecule has 158 valence electrons. The van der Waals surface area contributed by atoms with E-state index in [0.29, 0.717) is 21.9 Å². The molecular weight excluding hydrogens is 433 g/mol. The van der Waals surface area contributed by atoms with Crippen molar-refractivity contribution in [3.63, 3.8) is 0 Å². The summed E-state index contributed by atoms with van der Waals surface area (Å²) in [6, 6.07) is 13.6. The first-order valence-corrected chi connectivity index (χ1v) is 11.5. The van der Waals surface area contributed by atoms with Gasteiger partial charge in [0, 0.05) is 6.54 Å². The van der Waals surface area contributed by atoms with Gasteiger partial charge in [0.2, 0.25) is 5.91 Å². The van der Waals surface area contributed by atoms with Crippen LogP contribution in [0.2, 0.25) is 0 Å². The average Bonchev–Trinajstić information content (AvgIpc) is 3.23. The number of benzene rings is 2. The van der Waals surface area contributed by atoms with Crippen LogP contribution in [0.5, 0.6) is 0 Å². The molecule has 31 heavy (non-hydrogen) atoms.